The molecule has 9 aromatic carbocycles. The van der Waals surface area contributed by atoms with Crippen LogP contribution < -0.4 is 0 Å². The molecule has 59 heavy (non-hydrogen) atoms. The van der Waals surface area contributed by atoms with Crippen molar-refractivity contribution in [1.82, 2.24) is 19.1 Å². The van der Waals surface area contributed by atoms with Gasteiger partial charge in [-0.25, -0.2) is 9.97 Å². The predicted octanol–water partition coefficient (Wildman–Crippen LogP) is 14.2. The summed E-state index contributed by atoms with van der Waals surface area (Å²) in [4.78, 5) is 10.4. The maximum atomic E-state index is 6.80. The molecule has 0 spiro atoms. The molecule has 13 rings (SSSR count). The number of rotatable bonds is 4. The van der Waals surface area contributed by atoms with Gasteiger partial charge in [-0.3, -0.25) is 0 Å². The lowest BCUT2D eigenvalue weighted by Gasteiger charge is -2.13. The van der Waals surface area contributed by atoms with Crippen molar-refractivity contribution in [3.05, 3.63) is 194 Å². The standard InChI is InChI=1S/C54H32N4O/c1-2-15-34(16-3-1)51-40-22-6-9-24-43(40)55-54(56-51)35-18-12-19-36(32-35)57-47-30-28-39-38-21-8-11-27-48(38)59-53(39)50(47)42-29-31-46-49(52(42)57)41-23-7-10-25-45(41)58(46)44-26-13-17-33-14-4-5-20-37(33)44/h1-32H. The van der Waals surface area contributed by atoms with Crippen LogP contribution in [0, 0.1) is 0 Å². The number of benzene rings is 9. The summed E-state index contributed by atoms with van der Waals surface area (Å²) >= 11 is 0. The summed E-state index contributed by atoms with van der Waals surface area (Å²) in [5, 5.41) is 10.3. The molecule has 0 aliphatic carbocycles. The Balaban J connectivity index is 1.16. The Bertz CT molecular complexity index is 3850. The summed E-state index contributed by atoms with van der Waals surface area (Å²) in [5.74, 6) is 0.683. The molecule has 0 aliphatic heterocycles. The van der Waals surface area contributed by atoms with Gasteiger partial charge in [-0.2, -0.15) is 0 Å². The number of nitrogens with zero attached hydrogens (tertiary/aromatic N) is 4. The average molecular weight is 753 g/mol. The van der Waals surface area contributed by atoms with E-state index in [-0.39, 0.29) is 0 Å². The van der Waals surface area contributed by atoms with Crippen molar-refractivity contribution in [2.75, 3.05) is 0 Å². The van der Waals surface area contributed by atoms with E-state index in [4.69, 9.17) is 14.4 Å². The normalized spacial score (nSPS) is 12.1. The Morgan fingerprint density at radius 2 is 1.08 bits per heavy atom. The van der Waals surface area contributed by atoms with Crippen molar-refractivity contribution < 1.29 is 4.42 Å². The Kier molecular flexibility index (Phi) is 6.66. The van der Waals surface area contributed by atoms with Crippen LogP contribution in [0.2, 0.25) is 0 Å². The maximum absolute atomic E-state index is 6.80. The molecule has 0 fully saturated rings. The van der Waals surface area contributed by atoms with Gasteiger partial charge in [0.1, 0.15) is 11.2 Å². The third kappa shape index (κ3) is 4.61. The zero-order valence-corrected chi connectivity index (χ0v) is 31.7. The van der Waals surface area contributed by atoms with Crippen molar-refractivity contribution >= 4 is 87.2 Å². The van der Waals surface area contributed by atoms with E-state index in [1.165, 1.54) is 21.5 Å². The number of furan rings is 1. The van der Waals surface area contributed by atoms with Crippen LogP contribution in [0.15, 0.2) is 199 Å². The van der Waals surface area contributed by atoms with Gasteiger partial charge < -0.3 is 13.6 Å². The highest BCUT2D eigenvalue weighted by Crippen LogP contribution is 2.46. The minimum Gasteiger partial charge on any atom is -0.455 e. The number of hydrogen-bond donors (Lipinski definition) is 0. The first-order valence-electron chi connectivity index (χ1n) is 20.0. The second-order valence-corrected chi connectivity index (χ2v) is 15.3. The number of hydrogen-bond acceptors (Lipinski definition) is 3. The predicted molar refractivity (Wildman–Crippen MR) is 244 cm³/mol. The van der Waals surface area contributed by atoms with Crippen LogP contribution >= 0.6 is 0 Å². The molecule has 4 aromatic heterocycles. The fourth-order valence-electron chi connectivity index (χ4n) is 9.56. The van der Waals surface area contributed by atoms with Crippen molar-refractivity contribution in [1.29, 1.82) is 0 Å². The summed E-state index contributed by atoms with van der Waals surface area (Å²) < 4.78 is 11.7. The largest absolute Gasteiger partial charge is 0.455 e. The van der Waals surface area contributed by atoms with Gasteiger partial charge in [0.15, 0.2) is 5.82 Å². The SMILES string of the molecule is c1ccc(-c2nc(-c3cccc(-n4c5ccc6c7ccccc7oc6c5c5ccc6c(c7ccccc7n6-c6cccc7ccccc67)c54)c3)nc3ccccc23)cc1. The minimum atomic E-state index is 0.683. The zero-order valence-electron chi connectivity index (χ0n) is 31.7. The van der Waals surface area contributed by atoms with Crippen LogP contribution in [0.25, 0.3) is 121 Å². The highest BCUT2D eigenvalue weighted by atomic mass is 16.3. The van der Waals surface area contributed by atoms with E-state index >= 15 is 0 Å². The summed E-state index contributed by atoms with van der Waals surface area (Å²) in [7, 11) is 0. The van der Waals surface area contributed by atoms with Crippen molar-refractivity contribution in [2.24, 2.45) is 0 Å². The Morgan fingerprint density at radius 3 is 1.98 bits per heavy atom. The van der Waals surface area contributed by atoms with E-state index in [0.717, 1.165) is 93.9 Å². The van der Waals surface area contributed by atoms with Crippen molar-refractivity contribution in [3.63, 3.8) is 0 Å². The van der Waals surface area contributed by atoms with Gasteiger partial charge in [0.05, 0.1) is 44.4 Å². The fourth-order valence-corrected chi connectivity index (χ4v) is 9.56. The first kappa shape index (κ1) is 32.1. The Labute approximate surface area is 337 Å². The quantitative estimate of drug-likeness (QED) is 0.180. The molecule has 0 saturated carbocycles. The average Bonchev–Trinajstić information content (AvgIpc) is 3.96. The topological polar surface area (TPSA) is 48.8 Å². The maximum Gasteiger partial charge on any atom is 0.160 e. The lowest BCUT2D eigenvalue weighted by molar-refractivity contribution is 0.673. The van der Waals surface area contributed by atoms with Gasteiger partial charge >= 0.3 is 0 Å². The van der Waals surface area contributed by atoms with Crippen LogP contribution in [-0.2, 0) is 0 Å². The van der Waals surface area contributed by atoms with Crippen LogP contribution in [-0.4, -0.2) is 19.1 Å². The van der Waals surface area contributed by atoms with Gasteiger partial charge in [-0.05, 0) is 66.0 Å². The smallest absolute Gasteiger partial charge is 0.160 e. The molecular formula is C54H32N4O. The molecule has 0 N–H and O–H groups in total. The third-order valence-corrected chi connectivity index (χ3v) is 12.1. The molecule has 0 radical (unpaired) electrons. The molecule has 0 bridgehead atoms. The highest BCUT2D eigenvalue weighted by Gasteiger charge is 2.24. The molecule has 13 aromatic rings. The van der Waals surface area contributed by atoms with Crippen molar-refractivity contribution in [2.45, 2.75) is 0 Å². The second kappa shape index (κ2) is 12.2. The van der Waals surface area contributed by atoms with E-state index in [0.29, 0.717) is 5.82 Å². The molecule has 0 unspecified atom stereocenters. The van der Waals surface area contributed by atoms with E-state index in [9.17, 15) is 0 Å². The molecule has 0 aliphatic rings. The van der Waals surface area contributed by atoms with Gasteiger partial charge in [0, 0.05) is 54.5 Å². The Hall–Kier alpha value is -8.02. The highest BCUT2D eigenvalue weighted by molar-refractivity contribution is 6.31. The third-order valence-electron chi connectivity index (χ3n) is 12.1. The van der Waals surface area contributed by atoms with Crippen LogP contribution in [0.4, 0.5) is 0 Å². The molecular weight excluding hydrogens is 721 g/mol. The Morgan fingerprint density at radius 1 is 0.407 bits per heavy atom. The molecule has 4 heterocycles. The summed E-state index contributed by atoms with van der Waals surface area (Å²) in [5.41, 5.74) is 12.3. The number of fused-ring (bicyclic) bond motifs is 13. The minimum absolute atomic E-state index is 0.683. The summed E-state index contributed by atoms with van der Waals surface area (Å²) in [6.45, 7) is 0. The van der Waals surface area contributed by atoms with Crippen LogP contribution in [0.3, 0.4) is 0 Å². The fraction of sp³-hybridized carbons (Fsp3) is 0. The van der Waals surface area contributed by atoms with Gasteiger partial charge in [-0.15, -0.1) is 0 Å². The first-order chi connectivity index (χ1) is 29.3. The monoisotopic (exact) mass is 752 g/mol. The molecule has 0 amide bonds. The van der Waals surface area contributed by atoms with Crippen LogP contribution in [0.1, 0.15) is 0 Å². The van der Waals surface area contributed by atoms with Gasteiger partial charge in [-0.1, -0.05) is 133 Å². The van der Waals surface area contributed by atoms with E-state index in [1.54, 1.807) is 0 Å². The lowest BCUT2D eigenvalue weighted by atomic mass is 10.1. The molecule has 0 atom stereocenters. The number of para-hydroxylation sites is 3. The van der Waals surface area contributed by atoms with E-state index in [2.05, 4.69) is 185 Å². The van der Waals surface area contributed by atoms with Crippen molar-refractivity contribution in [3.8, 4) is 34.0 Å². The number of aromatic nitrogens is 4. The molecule has 274 valence electrons. The van der Waals surface area contributed by atoms with E-state index in [1.807, 2.05) is 18.2 Å². The zero-order chi connectivity index (χ0) is 38.6. The molecule has 5 nitrogen and oxygen atoms in total. The van der Waals surface area contributed by atoms with Gasteiger partial charge in [0.2, 0.25) is 0 Å². The lowest BCUT2D eigenvalue weighted by Crippen LogP contribution is -1.98. The summed E-state index contributed by atoms with van der Waals surface area (Å²) in [6, 6.07) is 68.8. The van der Waals surface area contributed by atoms with E-state index < -0.39 is 0 Å². The summed E-state index contributed by atoms with van der Waals surface area (Å²) in [6.07, 6.45) is 0. The van der Waals surface area contributed by atoms with Gasteiger partial charge in [0.25, 0.3) is 0 Å². The second-order valence-electron chi connectivity index (χ2n) is 15.3. The van der Waals surface area contributed by atoms with Crippen LogP contribution in [0.5, 0.6) is 0 Å². The molecule has 0 saturated heterocycles. The molecule has 5 heteroatoms. The first-order valence-corrected chi connectivity index (χ1v) is 20.0.